The number of phenolic OH excluding ortho intramolecular Hbond substituents is 1. The van der Waals surface area contributed by atoms with Crippen molar-refractivity contribution < 1.29 is 58.5 Å². The van der Waals surface area contributed by atoms with Gasteiger partial charge in [-0.25, -0.2) is 4.39 Å². The van der Waals surface area contributed by atoms with Crippen LogP contribution in [0.3, 0.4) is 0 Å². The lowest BCUT2D eigenvalue weighted by atomic mass is 9.51. The summed E-state index contributed by atoms with van der Waals surface area (Å²) in [6, 6.07) is 5.23. The van der Waals surface area contributed by atoms with Gasteiger partial charge in [-0.05, 0) is 113 Å². The summed E-state index contributed by atoms with van der Waals surface area (Å²) in [4.78, 5) is 13.9. The molecule has 50 heavy (non-hydrogen) atoms. The molecule has 0 heterocycles. The molecule has 1 N–H and O–H groups in total. The minimum absolute atomic E-state index is 0.0248. The number of hydrogen-bond donors (Lipinski definition) is 1. The number of nitrogens with zero attached hydrogens (tertiary/aromatic N) is 1. The second-order valence-corrected chi connectivity index (χ2v) is 15.1. The number of unbranched alkanes of at least 4 members (excludes halogenated alkanes) is 5. The second kappa shape index (κ2) is 15.4. The maximum Gasteiger partial charge on any atom is 0.460 e. The SMILES string of the molecule is CC(=O)O[C@H]1CC[C@H]2[C@@H]3[C@H](CCCCCN(C)CCCCCCC(F)(F)C(F)(F)C(F)(F)C(F)(F)F)Cc4cc(O)ccc4[C@H]3[C@@H](F)C[C@]12C. The van der Waals surface area contributed by atoms with Crippen LogP contribution in [0.15, 0.2) is 18.2 Å². The van der Waals surface area contributed by atoms with Gasteiger partial charge in [0.05, 0.1) is 0 Å². The van der Waals surface area contributed by atoms with Gasteiger partial charge in [-0.2, -0.15) is 39.5 Å². The van der Waals surface area contributed by atoms with Crippen LogP contribution in [0.1, 0.15) is 108 Å². The van der Waals surface area contributed by atoms with E-state index in [-0.39, 0.29) is 47.9 Å². The lowest BCUT2D eigenvalue weighted by molar-refractivity contribution is -0.396. The van der Waals surface area contributed by atoms with Crippen LogP contribution in [0.25, 0.3) is 0 Å². The van der Waals surface area contributed by atoms with Crippen LogP contribution >= 0.6 is 0 Å². The van der Waals surface area contributed by atoms with Crippen molar-refractivity contribution in [2.75, 3.05) is 20.1 Å². The Morgan fingerprint density at radius 3 is 2.16 bits per heavy atom. The van der Waals surface area contributed by atoms with Crippen LogP contribution < -0.4 is 0 Å². The fourth-order valence-corrected chi connectivity index (χ4v) is 9.13. The Bertz CT molecular complexity index is 1310. The lowest BCUT2D eigenvalue weighted by Gasteiger charge is -2.54. The summed E-state index contributed by atoms with van der Waals surface area (Å²) >= 11 is 0. The van der Waals surface area contributed by atoms with Crippen LogP contribution in [-0.2, 0) is 16.0 Å². The third-order valence-corrected chi connectivity index (χ3v) is 11.7. The van der Waals surface area contributed by atoms with Crippen LogP contribution in [0.4, 0.5) is 43.9 Å². The van der Waals surface area contributed by atoms with Crippen LogP contribution in [0, 0.1) is 23.2 Å². The smallest absolute Gasteiger partial charge is 0.460 e. The molecule has 0 bridgehead atoms. The largest absolute Gasteiger partial charge is 0.508 e. The number of alkyl halides is 10. The summed E-state index contributed by atoms with van der Waals surface area (Å²) in [5.74, 6) is -18.9. The number of aromatic hydroxyl groups is 1. The maximum absolute atomic E-state index is 16.2. The molecule has 1 aromatic rings. The number of esters is 1. The van der Waals surface area contributed by atoms with Crippen molar-refractivity contribution >= 4 is 5.97 Å². The summed E-state index contributed by atoms with van der Waals surface area (Å²) in [6.07, 6.45) is -3.69. The Morgan fingerprint density at radius 2 is 1.54 bits per heavy atom. The first kappa shape index (κ1) is 40.5. The highest BCUT2D eigenvalue weighted by molar-refractivity contribution is 5.66. The number of fused-ring (bicyclic) bond motifs is 5. The molecule has 0 saturated heterocycles. The molecule has 14 heteroatoms. The van der Waals surface area contributed by atoms with E-state index < -0.39 is 48.4 Å². The van der Waals surface area contributed by atoms with E-state index >= 15 is 4.39 Å². The fourth-order valence-electron chi connectivity index (χ4n) is 9.13. The van der Waals surface area contributed by atoms with Crippen molar-refractivity contribution in [1.29, 1.82) is 0 Å². The minimum atomic E-state index is -6.85. The van der Waals surface area contributed by atoms with Gasteiger partial charge in [0.2, 0.25) is 0 Å². The van der Waals surface area contributed by atoms with Gasteiger partial charge in [0.15, 0.2) is 0 Å². The zero-order valence-corrected chi connectivity index (χ0v) is 28.8. The Kier molecular flexibility index (Phi) is 12.5. The molecule has 2 fully saturated rings. The van der Waals surface area contributed by atoms with E-state index in [9.17, 15) is 49.4 Å². The number of benzene rings is 1. The highest BCUT2D eigenvalue weighted by atomic mass is 19.4. The van der Waals surface area contributed by atoms with Crippen molar-refractivity contribution in [3.05, 3.63) is 29.3 Å². The average molecular weight is 734 g/mol. The number of ether oxygens (including phenoxy) is 1. The Labute approximate surface area is 287 Å². The first-order valence-corrected chi connectivity index (χ1v) is 17.7. The highest BCUT2D eigenvalue weighted by Crippen LogP contribution is 2.64. The number of carbonyl (C=O) groups excluding carboxylic acids is 1. The Balaban J connectivity index is 1.22. The Hall–Kier alpha value is -2.25. The molecule has 3 aliphatic rings. The van der Waals surface area contributed by atoms with Gasteiger partial charge >= 0.3 is 29.9 Å². The van der Waals surface area contributed by atoms with Crippen molar-refractivity contribution in [1.82, 2.24) is 4.90 Å². The fraction of sp³-hybridized carbons (Fsp3) is 0.806. The first-order chi connectivity index (χ1) is 23.1. The predicted octanol–water partition coefficient (Wildman–Crippen LogP) is 10.3. The molecule has 4 nitrogen and oxygen atoms in total. The topological polar surface area (TPSA) is 49.8 Å². The van der Waals surface area contributed by atoms with Gasteiger partial charge in [-0.3, -0.25) is 4.79 Å². The number of phenols is 1. The third-order valence-electron chi connectivity index (χ3n) is 11.7. The van der Waals surface area contributed by atoms with Crippen LogP contribution in [0.2, 0.25) is 0 Å². The van der Waals surface area contributed by atoms with Crippen LogP contribution in [0.5, 0.6) is 5.75 Å². The maximum atomic E-state index is 16.2. The molecule has 1 aromatic carbocycles. The first-order valence-electron chi connectivity index (χ1n) is 17.7. The summed E-state index contributed by atoms with van der Waals surface area (Å²) in [5.41, 5.74) is 1.49. The molecule has 4 rings (SSSR count). The van der Waals surface area contributed by atoms with E-state index in [2.05, 4.69) is 6.92 Å². The zero-order chi connectivity index (χ0) is 37.3. The number of hydrogen-bond acceptors (Lipinski definition) is 4. The van der Waals surface area contributed by atoms with Gasteiger partial charge in [0, 0.05) is 24.7 Å². The number of halogens is 10. The van der Waals surface area contributed by atoms with E-state index in [0.717, 1.165) is 56.2 Å². The lowest BCUT2D eigenvalue weighted by Crippen LogP contribution is -2.60. The molecule has 3 aliphatic carbocycles. The molecule has 7 atom stereocenters. The molecular weight excluding hydrogens is 684 g/mol. The molecule has 2 saturated carbocycles. The monoisotopic (exact) mass is 733 g/mol. The van der Waals surface area contributed by atoms with Gasteiger partial charge in [0.1, 0.15) is 18.0 Å². The summed E-state index contributed by atoms with van der Waals surface area (Å²) in [5, 5.41) is 10.2. The molecule has 0 aliphatic heterocycles. The average Bonchev–Trinajstić information content (AvgIpc) is 3.31. The van der Waals surface area contributed by atoms with Gasteiger partial charge in [-0.15, -0.1) is 0 Å². The summed E-state index contributed by atoms with van der Waals surface area (Å²) in [6.45, 7) is 4.74. The van der Waals surface area contributed by atoms with Gasteiger partial charge in [0.25, 0.3) is 0 Å². The minimum Gasteiger partial charge on any atom is -0.508 e. The van der Waals surface area contributed by atoms with Crippen molar-refractivity contribution in [3.8, 4) is 5.75 Å². The molecule has 0 aromatic heterocycles. The third kappa shape index (κ3) is 8.19. The van der Waals surface area contributed by atoms with Crippen molar-refractivity contribution in [2.24, 2.45) is 23.2 Å². The molecular formula is C36H49F10NO3. The highest BCUT2D eigenvalue weighted by Gasteiger charge is 2.81. The standard InChI is InChI=1S/C36H49F10NO3/c1-22(48)50-29-15-14-27-30-23(19-24-20-25(49)12-13-26(24)31(30)28(37)21-32(27,29)2)11-7-6-10-18-47(3)17-9-5-4-8-16-33(38,39)34(40,41)35(42,43)36(44,45)46/h12-13,20,23,27-31,49H,4-11,14-19,21H2,1-3H3/t23-,27+,28+,29+,30+,31+,32+/m1/s1. The number of carbonyl (C=O) groups is 1. The van der Waals surface area contributed by atoms with E-state index in [0.29, 0.717) is 32.2 Å². The normalized spacial score (nSPS) is 28.7. The summed E-state index contributed by atoms with van der Waals surface area (Å²) < 4.78 is 139. The molecule has 0 radical (unpaired) electrons. The van der Waals surface area contributed by atoms with Gasteiger partial charge < -0.3 is 14.7 Å². The molecule has 286 valence electrons. The van der Waals surface area contributed by atoms with Crippen molar-refractivity contribution in [2.45, 2.75) is 139 Å². The van der Waals surface area contributed by atoms with E-state index in [4.69, 9.17) is 4.74 Å². The quantitative estimate of drug-likeness (QED) is 0.104. The van der Waals surface area contributed by atoms with E-state index in [1.165, 1.54) is 6.92 Å². The zero-order valence-electron chi connectivity index (χ0n) is 28.8. The predicted molar refractivity (Wildman–Crippen MR) is 167 cm³/mol. The molecule has 0 amide bonds. The Morgan fingerprint density at radius 1 is 0.920 bits per heavy atom. The molecule has 0 unspecified atom stereocenters. The molecule has 0 spiro atoms. The van der Waals surface area contributed by atoms with Crippen molar-refractivity contribution in [3.63, 3.8) is 0 Å². The second-order valence-electron chi connectivity index (χ2n) is 15.1. The summed E-state index contributed by atoms with van der Waals surface area (Å²) in [7, 11) is 1.87. The van der Waals surface area contributed by atoms with E-state index in [1.54, 1.807) is 12.1 Å². The van der Waals surface area contributed by atoms with Gasteiger partial charge in [-0.1, -0.05) is 38.7 Å². The van der Waals surface area contributed by atoms with Crippen LogP contribution in [-0.4, -0.2) is 72.3 Å². The van der Waals surface area contributed by atoms with E-state index in [1.807, 2.05) is 18.0 Å². The number of rotatable bonds is 16.